The molecule has 0 aromatic heterocycles. The minimum atomic E-state index is -0.107. The molecule has 0 fully saturated rings. The standard InChI is InChI=1S/C25H26N2O2/c1-2-29-23-15-13-22(14-16-23)26-25(28)21-11-9-19(10-12-21)18-27-17-5-7-20-6-3-4-8-24(20)27/h3-4,6,8-16H,2,5,7,17-18H2,1H3,(H,26,28). The van der Waals surface area contributed by atoms with Crippen molar-refractivity contribution < 1.29 is 9.53 Å². The van der Waals surface area contributed by atoms with Crippen LogP contribution >= 0.6 is 0 Å². The summed E-state index contributed by atoms with van der Waals surface area (Å²) in [7, 11) is 0. The number of nitrogens with zero attached hydrogens (tertiary/aromatic N) is 1. The van der Waals surface area contributed by atoms with Crippen LogP contribution in [0.2, 0.25) is 0 Å². The van der Waals surface area contributed by atoms with E-state index in [1.165, 1.54) is 23.2 Å². The van der Waals surface area contributed by atoms with Crippen LogP contribution in [0.3, 0.4) is 0 Å². The van der Waals surface area contributed by atoms with Crippen LogP contribution in [0.1, 0.15) is 34.8 Å². The Morgan fingerprint density at radius 2 is 1.76 bits per heavy atom. The smallest absolute Gasteiger partial charge is 0.255 e. The number of hydrogen-bond donors (Lipinski definition) is 1. The molecule has 3 aromatic rings. The summed E-state index contributed by atoms with van der Waals surface area (Å²) < 4.78 is 5.43. The highest BCUT2D eigenvalue weighted by Crippen LogP contribution is 2.28. The topological polar surface area (TPSA) is 41.6 Å². The van der Waals surface area contributed by atoms with Gasteiger partial charge >= 0.3 is 0 Å². The normalized spacial score (nSPS) is 12.9. The minimum absolute atomic E-state index is 0.107. The molecular weight excluding hydrogens is 360 g/mol. The predicted molar refractivity (Wildman–Crippen MR) is 118 cm³/mol. The Morgan fingerprint density at radius 3 is 2.52 bits per heavy atom. The largest absolute Gasteiger partial charge is 0.494 e. The highest BCUT2D eigenvalue weighted by atomic mass is 16.5. The molecule has 4 heteroatoms. The van der Waals surface area contributed by atoms with Crippen LogP contribution in [0, 0.1) is 0 Å². The van der Waals surface area contributed by atoms with Crippen molar-refractivity contribution in [3.63, 3.8) is 0 Å². The van der Waals surface area contributed by atoms with Crippen LogP contribution in [-0.4, -0.2) is 19.1 Å². The van der Waals surface area contributed by atoms with Gasteiger partial charge in [-0.15, -0.1) is 0 Å². The molecule has 0 radical (unpaired) electrons. The quantitative estimate of drug-likeness (QED) is 0.626. The number of fused-ring (bicyclic) bond motifs is 1. The Balaban J connectivity index is 1.39. The maximum Gasteiger partial charge on any atom is 0.255 e. The lowest BCUT2D eigenvalue weighted by Crippen LogP contribution is -2.28. The van der Waals surface area contributed by atoms with E-state index in [1.54, 1.807) is 0 Å². The molecule has 0 saturated heterocycles. The van der Waals surface area contributed by atoms with Gasteiger partial charge in [-0.25, -0.2) is 0 Å². The monoisotopic (exact) mass is 386 g/mol. The number of anilines is 2. The SMILES string of the molecule is CCOc1ccc(NC(=O)c2ccc(CN3CCCc4ccccc43)cc2)cc1. The second-order valence-electron chi connectivity index (χ2n) is 7.26. The van der Waals surface area contributed by atoms with Crippen molar-refractivity contribution in [3.05, 3.63) is 89.5 Å². The molecule has 0 spiro atoms. The molecule has 1 amide bonds. The second-order valence-corrected chi connectivity index (χ2v) is 7.26. The molecular formula is C25H26N2O2. The number of para-hydroxylation sites is 1. The van der Waals surface area contributed by atoms with Crippen LogP contribution in [0.15, 0.2) is 72.8 Å². The third kappa shape index (κ3) is 4.60. The fraction of sp³-hybridized carbons (Fsp3) is 0.240. The number of amides is 1. The van der Waals surface area contributed by atoms with Crippen molar-refractivity contribution in [2.24, 2.45) is 0 Å². The van der Waals surface area contributed by atoms with Crippen molar-refractivity contribution in [1.29, 1.82) is 0 Å². The fourth-order valence-electron chi connectivity index (χ4n) is 3.76. The summed E-state index contributed by atoms with van der Waals surface area (Å²) in [5.74, 6) is 0.693. The van der Waals surface area contributed by atoms with Gasteiger partial charge in [0, 0.05) is 30.0 Å². The van der Waals surface area contributed by atoms with Gasteiger partial charge < -0.3 is 15.0 Å². The van der Waals surface area contributed by atoms with Crippen molar-refractivity contribution >= 4 is 17.3 Å². The Morgan fingerprint density at radius 1 is 1.00 bits per heavy atom. The average Bonchev–Trinajstić information content (AvgIpc) is 2.76. The first-order valence-electron chi connectivity index (χ1n) is 10.2. The average molecular weight is 386 g/mol. The summed E-state index contributed by atoms with van der Waals surface area (Å²) in [5.41, 5.74) is 5.37. The molecule has 1 aliphatic heterocycles. The molecule has 4 nitrogen and oxygen atoms in total. The number of ether oxygens (including phenoxy) is 1. The number of benzene rings is 3. The Hall–Kier alpha value is -3.27. The highest BCUT2D eigenvalue weighted by Gasteiger charge is 2.16. The summed E-state index contributed by atoms with van der Waals surface area (Å²) in [6, 6.07) is 23.9. The maximum absolute atomic E-state index is 12.5. The van der Waals surface area contributed by atoms with Crippen LogP contribution in [-0.2, 0) is 13.0 Å². The van der Waals surface area contributed by atoms with Gasteiger partial charge in [0.2, 0.25) is 0 Å². The lowest BCUT2D eigenvalue weighted by molar-refractivity contribution is 0.102. The minimum Gasteiger partial charge on any atom is -0.494 e. The molecule has 29 heavy (non-hydrogen) atoms. The molecule has 148 valence electrons. The lowest BCUT2D eigenvalue weighted by atomic mass is 10.0. The van der Waals surface area contributed by atoms with Crippen molar-refractivity contribution in [1.82, 2.24) is 0 Å². The summed E-state index contributed by atoms with van der Waals surface area (Å²) in [5, 5.41) is 2.94. The number of aryl methyl sites for hydroxylation is 1. The number of nitrogens with one attached hydrogen (secondary N) is 1. The molecule has 1 aliphatic rings. The summed E-state index contributed by atoms with van der Waals surface area (Å²) in [6.45, 7) is 4.50. The molecule has 0 bridgehead atoms. The van der Waals surface area contributed by atoms with Gasteiger partial charge in [-0.3, -0.25) is 4.79 Å². The zero-order chi connectivity index (χ0) is 20.1. The van der Waals surface area contributed by atoms with E-state index in [4.69, 9.17) is 4.74 Å². The number of carbonyl (C=O) groups excluding carboxylic acids is 1. The summed E-state index contributed by atoms with van der Waals surface area (Å²) in [4.78, 5) is 15.0. The molecule has 0 aliphatic carbocycles. The first kappa shape index (κ1) is 19.1. The van der Waals surface area contributed by atoms with E-state index < -0.39 is 0 Å². The second kappa shape index (κ2) is 8.82. The summed E-state index contributed by atoms with van der Waals surface area (Å²) >= 11 is 0. The van der Waals surface area contributed by atoms with E-state index in [1.807, 2.05) is 55.5 Å². The van der Waals surface area contributed by atoms with Crippen molar-refractivity contribution in [2.45, 2.75) is 26.3 Å². The Kier molecular flexibility index (Phi) is 5.80. The molecule has 0 atom stereocenters. The van der Waals surface area contributed by atoms with Gasteiger partial charge in [-0.2, -0.15) is 0 Å². The Labute approximate surface area is 172 Å². The van der Waals surface area contributed by atoms with E-state index >= 15 is 0 Å². The number of carbonyl (C=O) groups is 1. The predicted octanol–water partition coefficient (Wildman–Crippen LogP) is 5.29. The van der Waals surface area contributed by atoms with Crippen molar-refractivity contribution in [3.8, 4) is 5.75 Å². The van der Waals surface area contributed by atoms with Crippen LogP contribution in [0.4, 0.5) is 11.4 Å². The fourth-order valence-corrected chi connectivity index (χ4v) is 3.76. The van der Waals surface area contributed by atoms with Crippen LogP contribution < -0.4 is 15.0 Å². The van der Waals surface area contributed by atoms with Crippen LogP contribution in [0.25, 0.3) is 0 Å². The zero-order valence-electron chi connectivity index (χ0n) is 16.7. The van der Waals surface area contributed by atoms with Gasteiger partial charge in [0.05, 0.1) is 6.61 Å². The number of rotatable bonds is 6. The van der Waals surface area contributed by atoms with E-state index in [2.05, 4.69) is 34.5 Å². The van der Waals surface area contributed by atoms with E-state index in [0.717, 1.165) is 30.9 Å². The third-order valence-corrected chi connectivity index (χ3v) is 5.22. The van der Waals surface area contributed by atoms with E-state index in [-0.39, 0.29) is 5.91 Å². The first-order chi connectivity index (χ1) is 14.2. The first-order valence-corrected chi connectivity index (χ1v) is 10.2. The van der Waals surface area contributed by atoms with Gasteiger partial charge in [0.25, 0.3) is 5.91 Å². The van der Waals surface area contributed by atoms with Gasteiger partial charge in [-0.1, -0.05) is 30.3 Å². The zero-order valence-corrected chi connectivity index (χ0v) is 16.7. The highest BCUT2D eigenvalue weighted by molar-refractivity contribution is 6.04. The molecule has 4 rings (SSSR count). The summed E-state index contributed by atoms with van der Waals surface area (Å²) in [6.07, 6.45) is 2.33. The van der Waals surface area contributed by atoms with Gasteiger partial charge in [0.1, 0.15) is 5.75 Å². The van der Waals surface area contributed by atoms with Crippen molar-refractivity contribution in [2.75, 3.05) is 23.4 Å². The van der Waals surface area contributed by atoms with Gasteiger partial charge in [-0.05, 0) is 73.4 Å². The molecule has 1 N–H and O–H groups in total. The van der Waals surface area contributed by atoms with E-state index in [9.17, 15) is 4.79 Å². The van der Waals surface area contributed by atoms with Crippen LogP contribution in [0.5, 0.6) is 5.75 Å². The number of hydrogen-bond acceptors (Lipinski definition) is 3. The molecule has 1 heterocycles. The van der Waals surface area contributed by atoms with Gasteiger partial charge in [0.15, 0.2) is 0 Å². The molecule has 0 unspecified atom stereocenters. The Bertz CT molecular complexity index is 965. The molecule has 3 aromatic carbocycles. The molecule has 0 saturated carbocycles. The maximum atomic E-state index is 12.5. The lowest BCUT2D eigenvalue weighted by Gasteiger charge is -2.31. The third-order valence-electron chi connectivity index (χ3n) is 5.22. The van der Waals surface area contributed by atoms with E-state index in [0.29, 0.717) is 12.2 Å².